The number of nitrogens with zero attached hydrogens (tertiary/aromatic N) is 1. The van der Waals surface area contributed by atoms with Crippen LogP contribution in [-0.2, 0) is 9.59 Å². The lowest BCUT2D eigenvalue weighted by Gasteiger charge is -2.22. The fraction of sp³-hybridized carbons (Fsp3) is 0.226. The zero-order valence-corrected chi connectivity index (χ0v) is 20.9. The van der Waals surface area contributed by atoms with Gasteiger partial charge in [-0.1, -0.05) is 36.4 Å². The molecular weight excluding hydrogens is 466 g/mol. The first kappa shape index (κ1) is 23.1. The standard InChI is InChI=1S/C31H27NO5/c1-35-21-10-4-18(5-11-21)26(19-6-12-22(36-2)13-7-19)27-24-16-17-25(27)29-28(24)30(33)32(31(29)34)20-8-14-23(37-3)15-9-20/h4-17,24-25,28-29H,1-3H3/t24-,25-,28-,29+/m1/s1. The summed E-state index contributed by atoms with van der Waals surface area (Å²) in [5, 5.41) is 0. The van der Waals surface area contributed by atoms with Crippen LogP contribution in [0.25, 0.3) is 5.57 Å². The molecule has 0 N–H and O–H groups in total. The predicted molar refractivity (Wildman–Crippen MR) is 141 cm³/mol. The molecule has 1 saturated heterocycles. The van der Waals surface area contributed by atoms with E-state index in [1.807, 2.05) is 48.5 Å². The van der Waals surface area contributed by atoms with Crippen LogP contribution in [-0.4, -0.2) is 33.1 Å². The largest absolute Gasteiger partial charge is 0.497 e. The van der Waals surface area contributed by atoms with Crippen LogP contribution in [0.2, 0.25) is 0 Å². The predicted octanol–water partition coefficient (Wildman–Crippen LogP) is 5.14. The molecule has 2 amide bonds. The normalized spacial score (nSPS) is 23.4. The van der Waals surface area contributed by atoms with Gasteiger partial charge in [0.15, 0.2) is 0 Å². The molecule has 37 heavy (non-hydrogen) atoms. The van der Waals surface area contributed by atoms with Crippen molar-refractivity contribution in [3.05, 3.63) is 102 Å². The number of amides is 2. The van der Waals surface area contributed by atoms with Crippen LogP contribution in [0, 0.1) is 23.7 Å². The first-order valence-corrected chi connectivity index (χ1v) is 12.3. The summed E-state index contributed by atoms with van der Waals surface area (Å²) in [6, 6.07) is 23.0. The number of imide groups is 1. The molecule has 4 atom stereocenters. The first-order chi connectivity index (χ1) is 18.0. The van der Waals surface area contributed by atoms with E-state index in [4.69, 9.17) is 14.2 Å². The van der Waals surface area contributed by atoms with Gasteiger partial charge in [0.1, 0.15) is 17.2 Å². The Morgan fingerprint density at radius 3 is 1.35 bits per heavy atom. The lowest BCUT2D eigenvalue weighted by molar-refractivity contribution is -0.122. The van der Waals surface area contributed by atoms with Gasteiger partial charge in [0, 0.05) is 11.8 Å². The van der Waals surface area contributed by atoms with Crippen LogP contribution < -0.4 is 19.1 Å². The minimum atomic E-state index is -0.411. The van der Waals surface area contributed by atoms with Gasteiger partial charge >= 0.3 is 0 Å². The third-order valence-corrected chi connectivity index (χ3v) is 7.79. The lowest BCUT2D eigenvalue weighted by Crippen LogP contribution is -2.33. The molecule has 6 heteroatoms. The number of hydrogen-bond acceptors (Lipinski definition) is 5. The smallest absolute Gasteiger partial charge is 0.238 e. The number of carbonyl (C=O) groups excluding carboxylic acids is 2. The third-order valence-electron chi connectivity index (χ3n) is 7.79. The Kier molecular flexibility index (Phi) is 5.60. The summed E-state index contributed by atoms with van der Waals surface area (Å²) in [5.41, 5.74) is 4.80. The van der Waals surface area contributed by atoms with Crippen molar-refractivity contribution in [1.82, 2.24) is 0 Å². The molecule has 2 aliphatic carbocycles. The number of hydrogen-bond donors (Lipinski definition) is 0. The van der Waals surface area contributed by atoms with E-state index < -0.39 is 11.8 Å². The van der Waals surface area contributed by atoms with Crippen molar-refractivity contribution in [2.45, 2.75) is 0 Å². The number of carbonyl (C=O) groups is 2. The van der Waals surface area contributed by atoms with Gasteiger partial charge in [0.2, 0.25) is 11.8 Å². The van der Waals surface area contributed by atoms with Crippen LogP contribution in [0.1, 0.15) is 11.1 Å². The SMILES string of the molecule is COc1ccc(C(=C2[C@H]3C=C[C@H]2[C@H]2C(=O)N(c4ccc(OC)cc4)C(=O)[C@H]23)c2ccc(OC)cc2)cc1. The Labute approximate surface area is 215 Å². The van der Waals surface area contributed by atoms with Gasteiger partial charge in [-0.3, -0.25) is 9.59 Å². The molecule has 3 aliphatic rings. The molecule has 0 radical (unpaired) electrons. The Hall–Kier alpha value is -4.32. The van der Waals surface area contributed by atoms with E-state index in [0.29, 0.717) is 11.4 Å². The van der Waals surface area contributed by atoms with Gasteiger partial charge in [0.05, 0.1) is 38.9 Å². The molecule has 3 aromatic rings. The lowest BCUT2D eigenvalue weighted by atomic mass is 9.85. The van der Waals surface area contributed by atoms with Gasteiger partial charge < -0.3 is 14.2 Å². The molecule has 6 rings (SSSR count). The monoisotopic (exact) mass is 493 g/mol. The van der Waals surface area contributed by atoms with Crippen molar-refractivity contribution < 1.29 is 23.8 Å². The topological polar surface area (TPSA) is 65.1 Å². The van der Waals surface area contributed by atoms with E-state index in [2.05, 4.69) is 12.2 Å². The second-order valence-corrected chi connectivity index (χ2v) is 9.49. The molecule has 6 nitrogen and oxygen atoms in total. The van der Waals surface area contributed by atoms with E-state index in [1.165, 1.54) is 4.90 Å². The van der Waals surface area contributed by atoms with E-state index in [0.717, 1.165) is 33.8 Å². The number of methoxy groups -OCH3 is 3. The van der Waals surface area contributed by atoms with Crippen molar-refractivity contribution in [2.75, 3.05) is 26.2 Å². The third kappa shape index (κ3) is 3.55. The number of allylic oxidation sites excluding steroid dienone is 3. The minimum Gasteiger partial charge on any atom is -0.497 e. The zero-order chi connectivity index (χ0) is 25.7. The molecule has 0 aromatic heterocycles. The number of rotatable bonds is 6. The van der Waals surface area contributed by atoms with Gasteiger partial charge in [-0.15, -0.1) is 0 Å². The number of benzene rings is 3. The number of fused-ring (bicyclic) bond motifs is 5. The maximum absolute atomic E-state index is 13.7. The average Bonchev–Trinajstić information content (AvgIpc) is 3.58. The highest BCUT2D eigenvalue weighted by molar-refractivity contribution is 6.23. The molecule has 2 bridgehead atoms. The maximum atomic E-state index is 13.7. The van der Waals surface area contributed by atoms with Crippen molar-refractivity contribution in [3.63, 3.8) is 0 Å². The molecule has 0 spiro atoms. The quantitative estimate of drug-likeness (QED) is 0.352. The fourth-order valence-corrected chi connectivity index (χ4v) is 6.10. The first-order valence-electron chi connectivity index (χ1n) is 12.3. The Balaban J connectivity index is 1.45. The van der Waals surface area contributed by atoms with Crippen LogP contribution in [0.3, 0.4) is 0 Å². The van der Waals surface area contributed by atoms with Crippen LogP contribution in [0.15, 0.2) is 90.5 Å². The minimum absolute atomic E-state index is 0.140. The zero-order valence-electron chi connectivity index (χ0n) is 20.9. The molecule has 1 aliphatic heterocycles. The fourth-order valence-electron chi connectivity index (χ4n) is 6.10. The van der Waals surface area contributed by atoms with Crippen molar-refractivity contribution in [2.24, 2.45) is 23.7 Å². The van der Waals surface area contributed by atoms with E-state index in [-0.39, 0.29) is 23.7 Å². The highest BCUT2D eigenvalue weighted by Gasteiger charge is 2.62. The summed E-state index contributed by atoms with van der Waals surface area (Å²) >= 11 is 0. The van der Waals surface area contributed by atoms with Crippen LogP contribution in [0.5, 0.6) is 17.2 Å². The summed E-state index contributed by atoms with van der Waals surface area (Å²) in [4.78, 5) is 28.8. The second kappa shape index (κ2) is 8.96. The highest BCUT2D eigenvalue weighted by Crippen LogP contribution is 2.59. The molecule has 186 valence electrons. The molecule has 3 aromatic carbocycles. The number of ether oxygens (including phenoxy) is 3. The molecule has 1 saturated carbocycles. The molecule has 0 unspecified atom stereocenters. The van der Waals surface area contributed by atoms with E-state index in [1.54, 1.807) is 45.6 Å². The van der Waals surface area contributed by atoms with E-state index >= 15 is 0 Å². The summed E-state index contributed by atoms with van der Waals surface area (Å²) in [6.45, 7) is 0. The molecular formula is C31H27NO5. The maximum Gasteiger partial charge on any atom is 0.238 e. The van der Waals surface area contributed by atoms with Crippen molar-refractivity contribution in [3.8, 4) is 17.2 Å². The summed E-state index contributed by atoms with van der Waals surface area (Å²) in [5.74, 6) is 0.829. The van der Waals surface area contributed by atoms with Gasteiger partial charge in [-0.25, -0.2) is 4.90 Å². The van der Waals surface area contributed by atoms with Crippen molar-refractivity contribution in [1.29, 1.82) is 0 Å². The summed E-state index contributed by atoms with van der Waals surface area (Å²) < 4.78 is 16.0. The van der Waals surface area contributed by atoms with Crippen LogP contribution >= 0.6 is 0 Å². The Morgan fingerprint density at radius 1 is 0.595 bits per heavy atom. The van der Waals surface area contributed by atoms with Gasteiger partial charge in [0.25, 0.3) is 0 Å². The van der Waals surface area contributed by atoms with Gasteiger partial charge in [-0.05, 0) is 70.8 Å². The van der Waals surface area contributed by atoms with Gasteiger partial charge in [-0.2, -0.15) is 0 Å². The Morgan fingerprint density at radius 2 is 0.973 bits per heavy atom. The molecule has 2 fully saturated rings. The second-order valence-electron chi connectivity index (χ2n) is 9.49. The van der Waals surface area contributed by atoms with Crippen LogP contribution in [0.4, 0.5) is 5.69 Å². The molecule has 1 heterocycles. The summed E-state index contributed by atoms with van der Waals surface area (Å²) in [6.07, 6.45) is 4.22. The summed E-state index contributed by atoms with van der Waals surface area (Å²) in [7, 11) is 4.88. The average molecular weight is 494 g/mol. The highest BCUT2D eigenvalue weighted by atomic mass is 16.5. The van der Waals surface area contributed by atoms with Crippen molar-refractivity contribution >= 4 is 23.1 Å². The Bertz CT molecular complexity index is 1340. The van der Waals surface area contributed by atoms with E-state index in [9.17, 15) is 9.59 Å². The number of anilines is 1.